The fourth-order valence-electron chi connectivity index (χ4n) is 2.79. The summed E-state index contributed by atoms with van der Waals surface area (Å²) >= 11 is 0. The molecule has 0 fully saturated rings. The first-order valence-corrected chi connectivity index (χ1v) is 8.64. The Balaban J connectivity index is 1.68. The number of nitrogens with zero attached hydrogens (tertiary/aromatic N) is 4. The number of amides is 1. The van der Waals surface area contributed by atoms with Crippen LogP contribution in [0, 0.1) is 0 Å². The summed E-state index contributed by atoms with van der Waals surface area (Å²) in [6.07, 6.45) is -4.65. The van der Waals surface area contributed by atoms with Crippen LogP contribution < -0.4 is 5.32 Å². The minimum Gasteiger partial charge on any atom is -0.345 e. The van der Waals surface area contributed by atoms with Crippen LogP contribution in [0.25, 0.3) is 17.0 Å². The molecule has 4 aromatic rings. The van der Waals surface area contributed by atoms with E-state index in [1.807, 2.05) is 0 Å². The maximum absolute atomic E-state index is 13.6. The van der Waals surface area contributed by atoms with Gasteiger partial charge in [-0.3, -0.25) is 4.79 Å². The Morgan fingerprint density at radius 1 is 0.966 bits per heavy atom. The highest BCUT2D eigenvalue weighted by molar-refractivity contribution is 5.94. The summed E-state index contributed by atoms with van der Waals surface area (Å²) in [5.74, 6) is -0.543. The summed E-state index contributed by atoms with van der Waals surface area (Å²) in [6.45, 7) is -0.130. The molecule has 2 aromatic carbocycles. The smallest absolute Gasteiger partial charge is 0.345 e. The van der Waals surface area contributed by atoms with Gasteiger partial charge >= 0.3 is 6.18 Å². The number of halogens is 3. The highest BCUT2D eigenvalue weighted by Crippen LogP contribution is 2.31. The van der Waals surface area contributed by atoms with Crippen molar-refractivity contribution < 1.29 is 18.0 Å². The minimum absolute atomic E-state index is 0.0255. The lowest BCUT2D eigenvalue weighted by molar-refractivity contribution is -0.142. The number of alkyl halides is 3. The maximum atomic E-state index is 13.6. The average Bonchev–Trinajstić information content (AvgIpc) is 3.14. The van der Waals surface area contributed by atoms with Crippen LogP contribution in [0.3, 0.4) is 0 Å². The van der Waals surface area contributed by atoms with Gasteiger partial charge in [-0.1, -0.05) is 48.5 Å². The topological polar surface area (TPSA) is 72.2 Å². The van der Waals surface area contributed by atoms with Crippen LogP contribution in [0.2, 0.25) is 0 Å². The average molecular weight is 397 g/mol. The molecule has 1 amide bonds. The zero-order valence-electron chi connectivity index (χ0n) is 14.9. The van der Waals surface area contributed by atoms with Crippen molar-refractivity contribution in [1.82, 2.24) is 24.9 Å². The fourth-order valence-corrected chi connectivity index (χ4v) is 2.79. The molecule has 0 aliphatic carbocycles. The van der Waals surface area contributed by atoms with E-state index in [0.29, 0.717) is 15.6 Å². The quantitative estimate of drug-likeness (QED) is 0.570. The zero-order valence-corrected chi connectivity index (χ0v) is 14.9. The van der Waals surface area contributed by atoms with Gasteiger partial charge in [0.1, 0.15) is 0 Å². The number of benzene rings is 2. The molecule has 1 N–H and O–H groups in total. The Labute approximate surface area is 163 Å². The molecule has 0 aliphatic heterocycles. The van der Waals surface area contributed by atoms with E-state index in [-0.39, 0.29) is 29.7 Å². The fraction of sp³-hybridized carbons (Fsp3) is 0.100. The highest BCUT2D eigenvalue weighted by atomic mass is 19.4. The lowest BCUT2D eigenvalue weighted by Crippen LogP contribution is -2.23. The van der Waals surface area contributed by atoms with Crippen molar-refractivity contribution in [2.24, 2.45) is 0 Å². The number of carbonyl (C=O) groups excluding carboxylic acids is 1. The molecule has 0 bridgehead atoms. The molecule has 6 nitrogen and oxygen atoms in total. The monoisotopic (exact) mass is 397 g/mol. The summed E-state index contributed by atoms with van der Waals surface area (Å²) in [5, 5.41) is 6.48. The number of aromatic nitrogens is 4. The van der Waals surface area contributed by atoms with Gasteiger partial charge in [-0.25, -0.2) is 4.98 Å². The second-order valence-electron chi connectivity index (χ2n) is 6.18. The van der Waals surface area contributed by atoms with E-state index in [1.165, 1.54) is 0 Å². The third kappa shape index (κ3) is 3.93. The van der Waals surface area contributed by atoms with Crippen molar-refractivity contribution in [3.63, 3.8) is 0 Å². The van der Waals surface area contributed by atoms with Crippen molar-refractivity contribution in [2.45, 2.75) is 12.7 Å². The zero-order chi connectivity index (χ0) is 20.4. The Hall–Kier alpha value is -3.75. The Kier molecular flexibility index (Phi) is 4.71. The van der Waals surface area contributed by atoms with Gasteiger partial charge in [-0.15, -0.1) is 5.10 Å². The summed E-state index contributed by atoms with van der Waals surface area (Å²) in [4.78, 5) is 20.4. The van der Waals surface area contributed by atoms with Crippen LogP contribution in [0.4, 0.5) is 13.2 Å². The molecule has 0 aliphatic rings. The Bertz CT molecular complexity index is 1160. The summed E-state index contributed by atoms with van der Waals surface area (Å²) < 4.78 is 41.4. The summed E-state index contributed by atoms with van der Waals surface area (Å²) in [5.41, 5.74) is 0.103. The molecule has 0 unspecified atom stereocenters. The molecular formula is C20H14F3N5O. The predicted octanol–water partition coefficient (Wildman–Crippen LogP) is 3.74. The summed E-state index contributed by atoms with van der Waals surface area (Å²) in [7, 11) is 0. The van der Waals surface area contributed by atoms with Gasteiger partial charge in [-0.05, 0) is 18.2 Å². The first-order valence-electron chi connectivity index (χ1n) is 8.64. The van der Waals surface area contributed by atoms with Crippen molar-refractivity contribution in [2.75, 3.05) is 0 Å². The van der Waals surface area contributed by atoms with Crippen LogP contribution in [0.1, 0.15) is 21.9 Å². The maximum Gasteiger partial charge on any atom is 0.433 e. The van der Waals surface area contributed by atoms with Crippen LogP contribution >= 0.6 is 0 Å². The van der Waals surface area contributed by atoms with E-state index in [1.54, 1.807) is 60.7 Å². The van der Waals surface area contributed by atoms with E-state index in [2.05, 4.69) is 20.4 Å². The van der Waals surface area contributed by atoms with Crippen LogP contribution in [-0.2, 0) is 12.7 Å². The standard InChI is InChI=1S/C20H14F3N5O/c21-20(22,23)16-11-15(13-7-3-1-4-8-13)25-19-26-17(27-28(16)19)12-24-18(29)14-9-5-2-6-10-14/h1-11H,12H2,(H,24,29). The number of rotatable bonds is 4. The van der Waals surface area contributed by atoms with Gasteiger partial charge in [0.05, 0.1) is 12.2 Å². The van der Waals surface area contributed by atoms with Gasteiger partial charge in [-0.2, -0.15) is 22.7 Å². The molecule has 9 heteroatoms. The van der Waals surface area contributed by atoms with Crippen molar-refractivity contribution in [1.29, 1.82) is 0 Å². The van der Waals surface area contributed by atoms with Gasteiger partial charge in [0, 0.05) is 11.1 Å². The second-order valence-corrected chi connectivity index (χ2v) is 6.18. The molecule has 0 atom stereocenters. The largest absolute Gasteiger partial charge is 0.433 e. The van der Waals surface area contributed by atoms with Crippen LogP contribution in [-0.4, -0.2) is 25.5 Å². The number of fused-ring (bicyclic) bond motifs is 1. The molecule has 0 saturated carbocycles. The van der Waals surface area contributed by atoms with Gasteiger partial charge in [0.25, 0.3) is 11.7 Å². The molecule has 2 aromatic heterocycles. The van der Waals surface area contributed by atoms with Gasteiger partial charge in [0.2, 0.25) is 0 Å². The van der Waals surface area contributed by atoms with E-state index >= 15 is 0 Å². The molecular weight excluding hydrogens is 383 g/mol. The molecule has 2 heterocycles. The van der Waals surface area contributed by atoms with E-state index in [4.69, 9.17) is 0 Å². The van der Waals surface area contributed by atoms with Gasteiger partial charge in [0.15, 0.2) is 11.5 Å². The predicted molar refractivity (Wildman–Crippen MR) is 98.8 cm³/mol. The van der Waals surface area contributed by atoms with Crippen molar-refractivity contribution >= 4 is 11.7 Å². The number of hydrogen-bond acceptors (Lipinski definition) is 4. The Morgan fingerprint density at radius 2 is 1.62 bits per heavy atom. The lowest BCUT2D eigenvalue weighted by atomic mass is 10.1. The Morgan fingerprint density at radius 3 is 2.28 bits per heavy atom. The molecule has 146 valence electrons. The number of hydrogen-bond donors (Lipinski definition) is 1. The van der Waals surface area contributed by atoms with Crippen molar-refractivity contribution in [3.8, 4) is 11.3 Å². The number of carbonyl (C=O) groups is 1. The first kappa shape index (κ1) is 18.6. The highest BCUT2D eigenvalue weighted by Gasteiger charge is 2.35. The third-order valence-corrected chi connectivity index (χ3v) is 4.16. The van der Waals surface area contributed by atoms with Crippen LogP contribution in [0.5, 0.6) is 0 Å². The normalized spacial score (nSPS) is 11.6. The second kappa shape index (κ2) is 7.34. The third-order valence-electron chi connectivity index (χ3n) is 4.16. The summed E-state index contributed by atoms with van der Waals surface area (Å²) in [6, 6.07) is 17.9. The molecule has 29 heavy (non-hydrogen) atoms. The number of nitrogens with one attached hydrogen (secondary N) is 1. The van der Waals surface area contributed by atoms with Crippen LogP contribution in [0.15, 0.2) is 66.7 Å². The molecule has 0 saturated heterocycles. The van der Waals surface area contributed by atoms with Gasteiger partial charge < -0.3 is 5.32 Å². The van der Waals surface area contributed by atoms with E-state index in [0.717, 1.165) is 6.07 Å². The lowest BCUT2D eigenvalue weighted by Gasteiger charge is -2.10. The molecule has 4 rings (SSSR count). The van der Waals surface area contributed by atoms with E-state index in [9.17, 15) is 18.0 Å². The molecule has 0 spiro atoms. The first-order chi connectivity index (χ1) is 13.9. The molecule has 0 radical (unpaired) electrons. The van der Waals surface area contributed by atoms with E-state index < -0.39 is 11.9 Å². The minimum atomic E-state index is -4.65. The van der Waals surface area contributed by atoms with Crippen molar-refractivity contribution in [3.05, 3.63) is 83.8 Å². The SMILES string of the molecule is O=C(NCc1nc2nc(-c3ccccc3)cc(C(F)(F)F)n2n1)c1ccccc1.